The summed E-state index contributed by atoms with van der Waals surface area (Å²) in [5, 5.41) is 2.21. The highest BCUT2D eigenvalue weighted by Crippen LogP contribution is 2.18. The number of carbonyl (C=O) groups is 3. The molecule has 1 atom stereocenters. The number of nitrogens with zero attached hydrogens (tertiary/aromatic N) is 1. The molecular weight excluding hydrogens is 248 g/mol. The maximum atomic E-state index is 12.1. The molecule has 0 saturated carbocycles. The molecule has 1 saturated heterocycles. The molecule has 0 radical (unpaired) electrons. The minimum Gasteiger partial charge on any atom is -0.380 e. The van der Waals surface area contributed by atoms with Crippen LogP contribution < -0.4 is 5.32 Å². The predicted molar refractivity (Wildman–Crippen MR) is 69.3 cm³/mol. The number of rotatable bonds is 7. The van der Waals surface area contributed by atoms with E-state index in [0.29, 0.717) is 13.2 Å². The molecule has 1 aliphatic rings. The van der Waals surface area contributed by atoms with Crippen molar-refractivity contribution in [3.63, 3.8) is 0 Å². The lowest BCUT2D eigenvalue weighted by atomic mass is 9.92. The second-order valence-corrected chi connectivity index (χ2v) is 4.97. The van der Waals surface area contributed by atoms with Crippen molar-refractivity contribution in [3.8, 4) is 0 Å². The van der Waals surface area contributed by atoms with Gasteiger partial charge in [0.2, 0.25) is 11.8 Å². The molecule has 1 unspecified atom stereocenters. The molecule has 1 N–H and O–H groups in total. The van der Waals surface area contributed by atoms with Gasteiger partial charge < -0.3 is 4.74 Å². The van der Waals surface area contributed by atoms with Crippen LogP contribution in [0.15, 0.2) is 0 Å². The van der Waals surface area contributed by atoms with E-state index in [0.717, 1.165) is 17.7 Å². The molecule has 108 valence electrons. The van der Waals surface area contributed by atoms with Gasteiger partial charge >= 0.3 is 6.03 Å². The van der Waals surface area contributed by atoms with Crippen molar-refractivity contribution in [2.75, 3.05) is 19.8 Å². The van der Waals surface area contributed by atoms with Crippen molar-refractivity contribution in [1.29, 1.82) is 0 Å². The number of carbonyl (C=O) groups excluding carboxylic acids is 3. The van der Waals surface area contributed by atoms with E-state index in [9.17, 15) is 14.4 Å². The molecule has 0 spiro atoms. The Bertz CT molecular complexity index is 355. The Morgan fingerprint density at radius 2 is 1.95 bits per heavy atom. The first-order chi connectivity index (χ1) is 8.99. The molecule has 6 heteroatoms. The van der Waals surface area contributed by atoms with Gasteiger partial charge in [-0.3, -0.25) is 19.8 Å². The molecule has 1 rings (SSSR count). The molecular formula is C13H22N2O4. The Morgan fingerprint density at radius 1 is 1.26 bits per heavy atom. The molecule has 4 amide bonds. The van der Waals surface area contributed by atoms with Crippen LogP contribution >= 0.6 is 0 Å². The number of nitrogens with one attached hydrogen (secondary N) is 1. The zero-order valence-corrected chi connectivity index (χ0v) is 11.8. The van der Waals surface area contributed by atoms with Gasteiger partial charge in [-0.25, -0.2) is 4.79 Å². The van der Waals surface area contributed by atoms with Crippen LogP contribution in [0.25, 0.3) is 0 Å². The lowest BCUT2D eigenvalue weighted by Gasteiger charge is -2.31. The summed E-state index contributed by atoms with van der Waals surface area (Å²) in [7, 11) is 0. The van der Waals surface area contributed by atoms with Crippen LogP contribution in [0.1, 0.15) is 33.6 Å². The van der Waals surface area contributed by atoms with Gasteiger partial charge in [-0.05, 0) is 12.3 Å². The van der Waals surface area contributed by atoms with Crippen molar-refractivity contribution < 1.29 is 19.1 Å². The van der Waals surface area contributed by atoms with E-state index in [1.54, 1.807) is 13.8 Å². The van der Waals surface area contributed by atoms with E-state index in [2.05, 4.69) is 12.2 Å². The second-order valence-electron chi connectivity index (χ2n) is 4.97. The molecule has 0 aromatic carbocycles. The quantitative estimate of drug-likeness (QED) is 0.556. The second kappa shape index (κ2) is 7.23. The average Bonchev–Trinajstić information content (AvgIpc) is 2.31. The third-order valence-electron chi connectivity index (χ3n) is 3.06. The van der Waals surface area contributed by atoms with Crippen LogP contribution in [-0.2, 0) is 14.3 Å². The third-order valence-corrected chi connectivity index (χ3v) is 3.06. The largest absolute Gasteiger partial charge is 0.380 e. The highest BCUT2D eigenvalue weighted by atomic mass is 16.5. The average molecular weight is 270 g/mol. The van der Waals surface area contributed by atoms with Crippen LogP contribution in [0, 0.1) is 11.8 Å². The van der Waals surface area contributed by atoms with Crippen molar-refractivity contribution in [1.82, 2.24) is 10.2 Å². The van der Waals surface area contributed by atoms with E-state index >= 15 is 0 Å². The minimum absolute atomic E-state index is 0.135. The van der Waals surface area contributed by atoms with Gasteiger partial charge in [0.1, 0.15) is 5.92 Å². The van der Waals surface area contributed by atoms with Gasteiger partial charge in [0.05, 0.1) is 13.2 Å². The first-order valence-corrected chi connectivity index (χ1v) is 6.73. The van der Waals surface area contributed by atoms with Crippen LogP contribution in [0.3, 0.4) is 0 Å². The molecule has 0 aromatic rings. The number of ether oxygens (including phenoxy) is 1. The molecule has 1 fully saturated rings. The SMILES string of the molecule is CCCCOCCN1C(=O)NC(=O)C(C(C)C)C1=O. The van der Waals surface area contributed by atoms with Crippen LogP contribution in [-0.4, -0.2) is 42.5 Å². The lowest BCUT2D eigenvalue weighted by Crippen LogP contribution is -2.59. The first kappa shape index (κ1) is 15.6. The number of hydrogen-bond acceptors (Lipinski definition) is 4. The van der Waals surface area contributed by atoms with Gasteiger partial charge in [0, 0.05) is 6.61 Å². The zero-order valence-electron chi connectivity index (χ0n) is 11.8. The Kier molecular flexibility index (Phi) is 5.95. The molecule has 0 aliphatic carbocycles. The van der Waals surface area contributed by atoms with E-state index in [1.807, 2.05) is 0 Å². The molecule has 6 nitrogen and oxygen atoms in total. The Balaban J connectivity index is 2.54. The number of amides is 4. The highest BCUT2D eigenvalue weighted by Gasteiger charge is 2.41. The van der Waals surface area contributed by atoms with Crippen LogP contribution in [0.2, 0.25) is 0 Å². The summed E-state index contributed by atoms with van der Waals surface area (Å²) in [4.78, 5) is 36.4. The fraction of sp³-hybridized carbons (Fsp3) is 0.769. The van der Waals surface area contributed by atoms with E-state index in [-0.39, 0.29) is 12.5 Å². The smallest absolute Gasteiger partial charge is 0.330 e. The Morgan fingerprint density at radius 3 is 2.53 bits per heavy atom. The van der Waals surface area contributed by atoms with Gasteiger partial charge in [-0.2, -0.15) is 0 Å². The zero-order chi connectivity index (χ0) is 14.4. The number of unbranched alkanes of at least 4 members (excludes halogenated alkanes) is 1. The monoisotopic (exact) mass is 270 g/mol. The number of hydrogen-bond donors (Lipinski definition) is 1. The lowest BCUT2D eigenvalue weighted by molar-refractivity contribution is -0.144. The maximum absolute atomic E-state index is 12.1. The Labute approximate surface area is 113 Å². The summed E-state index contributed by atoms with van der Waals surface area (Å²) in [5.74, 6) is -1.85. The Hall–Kier alpha value is -1.43. The van der Waals surface area contributed by atoms with Crippen molar-refractivity contribution in [3.05, 3.63) is 0 Å². The number of barbiturate groups is 1. The number of urea groups is 1. The summed E-state index contributed by atoms with van der Waals surface area (Å²) >= 11 is 0. The van der Waals surface area contributed by atoms with Gasteiger partial charge in [0.25, 0.3) is 0 Å². The van der Waals surface area contributed by atoms with Crippen LogP contribution in [0.4, 0.5) is 4.79 Å². The standard InChI is InChI=1S/C13H22N2O4/c1-4-5-7-19-8-6-15-12(17)10(9(2)3)11(16)14-13(15)18/h9-10H,4-8H2,1-3H3,(H,14,16,18). The topological polar surface area (TPSA) is 75.7 Å². The summed E-state index contributed by atoms with van der Waals surface area (Å²) in [5.41, 5.74) is 0. The van der Waals surface area contributed by atoms with Crippen molar-refractivity contribution >= 4 is 17.8 Å². The summed E-state index contributed by atoms with van der Waals surface area (Å²) < 4.78 is 5.34. The predicted octanol–water partition coefficient (Wildman–Crippen LogP) is 1.15. The van der Waals surface area contributed by atoms with Gasteiger partial charge in [0.15, 0.2) is 0 Å². The van der Waals surface area contributed by atoms with Gasteiger partial charge in [-0.1, -0.05) is 27.2 Å². The summed E-state index contributed by atoms with van der Waals surface area (Å²) in [6, 6.07) is -0.647. The molecule has 19 heavy (non-hydrogen) atoms. The summed E-state index contributed by atoms with van der Waals surface area (Å²) in [6.07, 6.45) is 1.99. The molecule has 1 aliphatic heterocycles. The van der Waals surface area contributed by atoms with Gasteiger partial charge in [-0.15, -0.1) is 0 Å². The maximum Gasteiger partial charge on any atom is 0.330 e. The fourth-order valence-electron chi connectivity index (χ4n) is 1.93. The summed E-state index contributed by atoms with van der Waals surface area (Å²) in [6.45, 7) is 6.74. The minimum atomic E-state index is -0.784. The van der Waals surface area contributed by atoms with Crippen LogP contribution in [0.5, 0.6) is 0 Å². The van der Waals surface area contributed by atoms with E-state index in [1.165, 1.54) is 0 Å². The molecule has 1 heterocycles. The number of imide groups is 2. The van der Waals surface area contributed by atoms with E-state index < -0.39 is 23.8 Å². The van der Waals surface area contributed by atoms with Crippen molar-refractivity contribution in [2.24, 2.45) is 11.8 Å². The molecule has 0 aromatic heterocycles. The third kappa shape index (κ3) is 4.02. The molecule has 0 bridgehead atoms. The normalized spacial score (nSPS) is 20.1. The first-order valence-electron chi connectivity index (χ1n) is 6.73. The van der Waals surface area contributed by atoms with E-state index in [4.69, 9.17) is 4.74 Å². The fourth-order valence-corrected chi connectivity index (χ4v) is 1.93. The van der Waals surface area contributed by atoms with Crippen molar-refractivity contribution in [2.45, 2.75) is 33.6 Å². The highest BCUT2D eigenvalue weighted by molar-refractivity contribution is 6.16.